The summed E-state index contributed by atoms with van der Waals surface area (Å²) in [6.07, 6.45) is 2.26. The molecule has 1 aromatic rings. The molecular formula is C15H21N3O2. The van der Waals surface area contributed by atoms with E-state index in [1.807, 2.05) is 36.1 Å². The molecule has 2 rings (SSSR count). The van der Waals surface area contributed by atoms with Crippen LogP contribution in [0.15, 0.2) is 24.3 Å². The first-order valence-corrected chi connectivity index (χ1v) is 7.01. The first-order valence-electron chi connectivity index (χ1n) is 7.01. The number of carbonyl (C=O) groups is 2. The number of nitrogens with one attached hydrogen (secondary N) is 2. The van der Waals surface area contributed by atoms with E-state index in [4.69, 9.17) is 0 Å². The molecule has 0 atom stereocenters. The molecule has 0 aliphatic heterocycles. The van der Waals surface area contributed by atoms with E-state index in [9.17, 15) is 9.59 Å². The third-order valence-electron chi connectivity index (χ3n) is 3.30. The van der Waals surface area contributed by atoms with Crippen molar-refractivity contribution in [2.24, 2.45) is 0 Å². The highest BCUT2D eigenvalue weighted by Crippen LogP contribution is 2.26. The molecule has 5 heteroatoms. The van der Waals surface area contributed by atoms with E-state index in [1.54, 1.807) is 0 Å². The maximum absolute atomic E-state index is 12.0. The molecule has 108 valence electrons. The molecule has 5 nitrogen and oxygen atoms in total. The normalized spacial score (nSPS) is 13.7. The monoisotopic (exact) mass is 275 g/mol. The van der Waals surface area contributed by atoms with E-state index in [2.05, 4.69) is 10.6 Å². The number of hydrogen-bond donors (Lipinski definition) is 2. The van der Waals surface area contributed by atoms with Gasteiger partial charge in [0, 0.05) is 30.9 Å². The summed E-state index contributed by atoms with van der Waals surface area (Å²) in [4.78, 5) is 24.9. The van der Waals surface area contributed by atoms with E-state index in [1.165, 1.54) is 6.92 Å². The maximum Gasteiger partial charge on any atom is 0.242 e. The summed E-state index contributed by atoms with van der Waals surface area (Å²) in [5.74, 6) is 0.0462. The van der Waals surface area contributed by atoms with Gasteiger partial charge in [0.15, 0.2) is 0 Å². The molecule has 1 aliphatic rings. The van der Waals surface area contributed by atoms with Crippen LogP contribution in [0.3, 0.4) is 0 Å². The average molecular weight is 275 g/mol. The van der Waals surface area contributed by atoms with Gasteiger partial charge >= 0.3 is 0 Å². The summed E-state index contributed by atoms with van der Waals surface area (Å²) in [6.45, 7) is 4.57. The molecule has 0 spiro atoms. The number of anilines is 2. The number of hydrogen-bond acceptors (Lipinski definition) is 3. The largest absolute Gasteiger partial charge is 0.376 e. The van der Waals surface area contributed by atoms with Crippen LogP contribution < -0.4 is 10.6 Å². The summed E-state index contributed by atoms with van der Waals surface area (Å²) in [5, 5.41) is 5.82. The number of nitrogens with zero attached hydrogens (tertiary/aromatic N) is 1. The molecule has 0 bridgehead atoms. The second kappa shape index (κ2) is 6.41. The molecule has 2 amide bonds. The van der Waals surface area contributed by atoms with Crippen molar-refractivity contribution in [2.75, 3.05) is 23.7 Å². The van der Waals surface area contributed by atoms with E-state index in [0.717, 1.165) is 30.8 Å². The van der Waals surface area contributed by atoms with Gasteiger partial charge in [-0.2, -0.15) is 0 Å². The Balaban J connectivity index is 1.84. The molecule has 0 heterocycles. The van der Waals surface area contributed by atoms with Gasteiger partial charge in [-0.15, -0.1) is 0 Å². The highest BCUT2D eigenvalue weighted by molar-refractivity contribution is 5.89. The molecule has 1 aromatic carbocycles. The molecule has 20 heavy (non-hydrogen) atoms. The molecule has 2 N–H and O–H groups in total. The Morgan fingerprint density at radius 2 is 1.80 bits per heavy atom. The summed E-state index contributed by atoms with van der Waals surface area (Å²) in [6, 6.07) is 7.79. The van der Waals surface area contributed by atoms with Gasteiger partial charge in [-0.1, -0.05) is 0 Å². The Hall–Kier alpha value is -2.04. The molecule has 1 fully saturated rings. The van der Waals surface area contributed by atoms with Gasteiger partial charge in [-0.3, -0.25) is 9.59 Å². The lowest BCUT2D eigenvalue weighted by molar-refractivity contribution is -0.129. The molecule has 1 saturated carbocycles. The minimum absolute atomic E-state index is 0.0936. The van der Waals surface area contributed by atoms with E-state index >= 15 is 0 Å². The van der Waals surface area contributed by atoms with Crippen LogP contribution >= 0.6 is 0 Å². The second-order valence-corrected chi connectivity index (χ2v) is 5.02. The van der Waals surface area contributed by atoms with Gasteiger partial charge in [0.25, 0.3) is 0 Å². The van der Waals surface area contributed by atoms with Crippen molar-refractivity contribution < 1.29 is 9.59 Å². The molecule has 0 radical (unpaired) electrons. The van der Waals surface area contributed by atoms with Gasteiger partial charge in [0.1, 0.15) is 0 Å². The van der Waals surface area contributed by atoms with E-state index in [0.29, 0.717) is 12.6 Å². The highest BCUT2D eigenvalue weighted by Gasteiger charge is 2.30. The van der Waals surface area contributed by atoms with Crippen LogP contribution in [0.5, 0.6) is 0 Å². The zero-order valence-corrected chi connectivity index (χ0v) is 12.0. The van der Waals surface area contributed by atoms with E-state index < -0.39 is 0 Å². The summed E-state index contributed by atoms with van der Waals surface area (Å²) >= 11 is 0. The molecule has 0 unspecified atom stereocenters. The van der Waals surface area contributed by atoms with Crippen LogP contribution in [0.4, 0.5) is 11.4 Å². The predicted molar refractivity (Wildman–Crippen MR) is 79.6 cm³/mol. The molecule has 0 aromatic heterocycles. The first-order chi connectivity index (χ1) is 9.60. The Kier molecular flexibility index (Phi) is 4.61. The fourth-order valence-electron chi connectivity index (χ4n) is 2.18. The third-order valence-corrected chi connectivity index (χ3v) is 3.30. The maximum atomic E-state index is 12.0. The van der Waals surface area contributed by atoms with Gasteiger partial charge in [-0.05, 0) is 44.0 Å². The lowest BCUT2D eigenvalue weighted by atomic mass is 10.2. The van der Waals surface area contributed by atoms with Crippen LogP contribution in [0, 0.1) is 0 Å². The highest BCUT2D eigenvalue weighted by atomic mass is 16.2. The predicted octanol–water partition coefficient (Wildman–Crippen LogP) is 2.07. The number of carbonyl (C=O) groups excluding carboxylic acids is 2. The Labute approximate surface area is 119 Å². The average Bonchev–Trinajstić information content (AvgIpc) is 3.23. The lowest BCUT2D eigenvalue weighted by Gasteiger charge is -2.20. The quantitative estimate of drug-likeness (QED) is 0.835. The van der Waals surface area contributed by atoms with Crippen molar-refractivity contribution in [1.82, 2.24) is 4.90 Å². The van der Waals surface area contributed by atoms with Gasteiger partial charge in [-0.25, -0.2) is 0 Å². The SMILES string of the molecule is CCN(C(=O)CNc1ccc(NC(C)=O)cc1)C1CC1. The number of rotatable bonds is 6. The fraction of sp³-hybridized carbons (Fsp3) is 0.467. The third kappa shape index (κ3) is 3.98. The number of benzene rings is 1. The Bertz CT molecular complexity index is 480. The van der Waals surface area contributed by atoms with Crippen LogP contribution in [0.25, 0.3) is 0 Å². The number of amides is 2. The standard InChI is InChI=1S/C15H21N3O2/c1-3-18(14-8-9-14)15(20)10-16-12-4-6-13(7-5-12)17-11(2)19/h4-7,14,16H,3,8-10H2,1-2H3,(H,17,19). The molecule has 0 saturated heterocycles. The molecule has 1 aliphatic carbocycles. The Morgan fingerprint density at radius 1 is 1.20 bits per heavy atom. The van der Waals surface area contributed by atoms with Crippen LogP contribution in [-0.2, 0) is 9.59 Å². The van der Waals surface area contributed by atoms with Crippen molar-refractivity contribution in [3.05, 3.63) is 24.3 Å². The Morgan fingerprint density at radius 3 is 2.30 bits per heavy atom. The summed E-state index contributed by atoms with van der Waals surface area (Å²) in [7, 11) is 0. The van der Waals surface area contributed by atoms with E-state index in [-0.39, 0.29) is 11.8 Å². The van der Waals surface area contributed by atoms with Crippen molar-refractivity contribution >= 4 is 23.2 Å². The first kappa shape index (κ1) is 14.4. The second-order valence-electron chi connectivity index (χ2n) is 5.02. The smallest absolute Gasteiger partial charge is 0.242 e. The van der Waals surface area contributed by atoms with Crippen LogP contribution in [-0.4, -0.2) is 35.8 Å². The van der Waals surface area contributed by atoms with Crippen molar-refractivity contribution in [1.29, 1.82) is 0 Å². The zero-order chi connectivity index (χ0) is 14.5. The van der Waals surface area contributed by atoms with Crippen LogP contribution in [0.1, 0.15) is 26.7 Å². The molecular weight excluding hydrogens is 254 g/mol. The fourth-order valence-corrected chi connectivity index (χ4v) is 2.18. The summed E-state index contributed by atoms with van der Waals surface area (Å²) < 4.78 is 0. The van der Waals surface area contributed by atoms with Crippen LogP contribution in [0.2, 0.25) is 0 Å². The number of likely N-dealkylation sites (N-methyl/N-ethyl adjacent to an activating group) is 1. The van der Waals surface area contributed by atoms with Crippen molar-refractivity contribution in [3.63, 3.8) is 0 Å². The van der Waals surface area contributed by atoms with Gasteiger partial charge in [0.2, 0.25) is 11.8 Å². The minimum atomic E-state index is -0.0936. The van der Waals surface area contributed by atoms with Gasteiger partial charge in [0.05, 0.1) is 6.54 Å². The lowest BCUT2D eigenvalue weighted by Crippen LogP contribution is -2.37. The topological polar surface area (TPSA) is 61.4 Å². The minimum Gasteiger partial charge on any atom is -0.376 e. The summed E-state index contributed by atoms with van der Waals surface area (Å²) in [5.41, 5.74) is 1.63. The zero-order valence-electron chi connectivity index (χ0n) is 12.0. The van der Waals surface area contributed by atoms with Gasteiger partial charge < -0.3 is 15.5 Å². The van der Waals surface area contributed by atoms with Crippen molar-refractivity contribution in [3.8, 4) is 0 Å². The van der Waals surface area contributed by atoms with Crippen molar-refractivity contribution in [2.45, 2.75) is 32.7 Å².